The van der Waals surface area contributed by atoms with E-state index in [2.05, 4.69) is 4.74 Å². The average Bonchev–Trinajstić information content (AvgIpc) is 2.81. The highest BCUT2D eigenvalue weighted by atomic mass is 16.6. The van der Waals surface area contributed by atoms with E-state index in [0.29, 0.717) is 6.54 Å². The molecule has 17 heavy (non-hydrogen) atoms. The molecule has 0 spiro atoms. The maximum absolute atomic E-state index is 11.5. The fraction of sp³-hybridized carbons (Fsp3) is 0.727. The molecule has 0 N–H and O–H groups in total. The number of carbonyl (C=O) groups excluding carboxylic acids is 3. The SMILES string of the molecule is COC(=O)C[C@@H]1[C@H]2COC(=O)N2C[C@H]1C(C)=O. The van der Waals surface area contributed by atoms with Crippen LogP contribution in [-0.2, 0) is 19.1 Å². The van der Waals surface area contributed by atoms with Gasteiger partial charge in [-0.2, -0.15) is 0 Å². The molecule has 0 saturated carbocycles. The largest absolute Gasteiger partial charge is 0.469 e. The van der Waals surface area contributed by atoms with Crippen LogP contribution in [0.2, 0.25) is 0 Å². The lowest BCUT2D eigenvalue weighted by molar-refractivity contribution is -0.142. The molecule has 0 radical (unpaired) electrons. The van der Waals surface area contributed by atoms with Gasteiger partial charge in [0.25, 0.3) is 0 Å². The summed E-state index contributed by atoms with van der Waals surface area (Å²) in [6, 6.07) is -0.171. The highest BCUT2D eigenvalue weighted by Gasteiger charge is 2.50. The first-order valence-corrected chi connectivity index (χ1v) is 5.55. The summed E-state index contributed by atoms with van der Waals surface area (Å²) >= 11 is 0. The molecule has 0 aromatic rings. The van der Waals surface area contributed by atoms with Crippen LogP contribution < -0.4 is 0 Å². The summed E-state index contributed by atoms with van der Waals surface area (Å²) in [5.41, 5.74) is 0. The van der Waals surface area contributed by atoms with Gasteiger partial charge in [0.1, 0.15) is 12.4 Å². The summed E-state index contributed by atoms with van der Waals surface area (Å²) in [5, 5.41) is 0. The Labute approximate surface area is 98.8 Å². The fourth-order valence-corrected chi connectivity index (χ4v) is 2.63. The number of ketones is 1. The summed E-state index contributed by atoms with van der Waals surface area (Å²) < 4.78 is 9.54. The molecule has 2 aliphatic rings. The molecule has 3 atom stereocenters. The van der Waals surface area contributed by atoms with Crippen LogP contribution in [0.1, 0.15) is 13.3 Å². The molecule has 6 heteroatoms. The summed E-state index contributed by atoms with van der Waals surface area (Å²) in [7, 11) is 1.31. The van der Waals surface area contributed by atoms with Crippen LogP contribution >= 0.6 is 0 Å². The van der Waals surface area contributed by atoms with Gasteiger partial charge in [0.05, 0.1) is 19.6 Å². The van der Waals surface area contributed by atoms with E-state index in [4.69, 9.17) is 4.74 Å². The molecule has 0 unspecified atom stereocenters. The second kappa shape index (κ2) is 4.35. The van der Waals surface area contributed by atoms with E-state index >= 15 is 0 Å². The number of carbonyl (C=O) groups is 3. The third-order valence-electron chi connectivity index (χ3n) is 3.57. The average molecular weight is 241 g/mol. The van der Waals surface area contributed by atoms with Gasteiger partial charge in [-0.05, 0) is 6.92 Å². The Balaban J connectivity index is 2.16. The molecule has 2 fully saturated rings. The molecule has 0 aromatic carbocycles. The molecule has 0 aliphatic carbocycles. The molecular formula is C11H15NO5. The predicted molar refractivity (Wildman–Crippen MR) is 56.1 cm³/mol. The summed E-state index contributed by atoms with van der Waals surface area (Å²) in [5.74, 6) is -0.832. The zero-order valence-corrected chi connectivity index (χ0v) is 9.84. The quantitative estimate of drug-likeness (QED) is 0.660. The number of methoxy groups -OCH3 is 1. The van der Waals surface area contributed by atoms with Crippen LogP contribution in [-0.4, -0.2) is 49.0 Å². The van der Waals surface area contributed by atoms with Crippen molar-refractivity contribution < 1.29 is 23.9 Å². The lowest BCUT2D eigenvalue weighted by Gasteiger charge is -2.18. The van der Waals surface area contributed by atoms with Gasteiger partial charge in [-0.25, -0.2) is 4.79 Å². The first-order chi connectivity index (χ1) is 8.04. The van der Waals surface area contributed by atoms with Crippen molar-refractivity contribution in [2.24, 2.45) is 11.8 Å². The van der Waals surface area contributed by atoms with Crippen molar-refractivity contribution in [3.63, 3.8) is 0 Å². The number of ether oxygens (including phenoxy) is 2. The normalized spacial score (nSPS) is 31.1. The highest BCUT2D eigenvalue weighted by Crippen LogP contribution is 2.36. The number of cyclic esters (lactones) is 1. The first-order valence-electron chi connectivity index (χ1n) is 5.55. The Morgan fingerprint density at radius 2 is 2.24 bits per heavy atom. The minimum Gasteiger partial charge on any atom is -0.469 e. The van der Waals surface area contributed by atoms with Crippen molar-refractivity contribution in [2.75, 3.05) is 20.3 Å². The van der Waals surface area contributed by atoms with E-state index in [9.17, 15) is 14.4 Å². The smallest absolute Gasteiger partial charge is 0.410 e. The molecule has 2 rings (SSSR count). The standard InChI is InChI=1S/C11H15NO5/c1-6(13)8-4-12-9(5-17-11(12)15)7(8)3-10(14)16-2/h7-9H,3-5H2,1-2H3/t7-,8-,9+/m0/s1. The lowest BCUT2D eigenvalue weighted by atomic mass is 9.85. The molecule has 2 aliphatic heterocycles. The number of esters is 1. The molecule has 94 valence electrons. The Bertz CT molecular complexity index is 367. The zero-order chi connectivity index (χ0) is 12.6. The Morgan fingerprint density at radius 1 is 1.53 bits per heavy atom. The van der Waals surface area contributed by atoms with E-state index in [1.165, 1.54) is 14.0 Å². The molecule has 6 nitrogen and oxygen atoms in total. The first kappa shape index (κ1) is 11.9. The maximum atomic E-state index is 11.5. The predicted octanol–water partition coefficient (Wildman–Crippen LogP) is 0.205. The number of amides is 1. The van der Waals surface area contributed by atoms with Gasteiger partial charge in [0.15, 0.2) is 0 Å². The Hall–Kier alpha value is -1.59. The zero-order valence-electron chi connectivity index (χ0n) is 9.84. The van der Waals surface area contributed by atoms with Crippen LogP contribution in [0.25, 0.3) is 0 Å². The van der Waals surface area contributed by atoms with Crippen LogP contribution in [0, 0.1) is 11.8 Å². The van der Waals surface area contributed by atoms with Crippen LogP contribution in [0.3, 0.4) is 0 Å². The van der Waals surface area contributed by atoms with Crippen molar-refractivity contribution in [1.82, 2.24) is 4.90 Å². The Morgan fingerprint density at radius 3 is 2.82 bits per heavy atom. The second-order valence-corrected chi connectivity index (χ2v) is 4.46. The molecule has 1 amide bonds. The topological polar surface area (TPSA) is 72.9 Å². The number of rotatable bonds is 3. The minimum atomic E-state index is -0.395. The third-order valence-corrected chi connectivity index (χ3v) is 3.57. The summed E-state index contributed by atoms with van der Waals surface area (Å²) in [4.78, 5) is 35.8. The molecule has 0 aromatic heterocycles. The van der Waals surface area contributed by atoms with E-state index in [0.717, 1.165) is 0 Å². The summed E-state index contributed by atoms with van der Waals surface area (Å²) in [6.45, 7) is 2.09. The van der Waals surface area contributed by atoms with Gasteiger partial charge in [0, 0.05) is 18.4 Å². The van der Waals surface area contributed by atoms with Gasteiger partial charge in [-0.3, -0.25) is 9.59 Å². The van der Waals surface area contributed by atoms with Gasteiger partial charge in [-0.1, -0.05) is 0 Å². The number of fused-ring (bicyclic) bond motifs is 1. The van der Waals surface area contributed by atoms with Crippen molar-refractivity contribution in [3.05, 3.63) is 0 Å². The molecule has 2 heterocycles. The van der Waals surface area contributed by atoms with E-state index in [-0.39, 0.29) is 42.7 Å². The Kier molecular flexibility index (Phi) is 3.04. The second-order valence-electron chi connectivity index (χ2n) is 4.46. The van der Waals surface area contributed by atoms with E-state index in [1.54, 1.807) is 4.90 Å². The van der Waals surface area contributed by atoms with Crippen LogP contribution in [0.4, 0.5) is 4.79 Å². The summed E-state index contributed by atoms with van der Waals surface area (Å²) in [6.07, 6.45) is -0.243. The molecule has 0 bridgehead atoms. The fourth-order valence-electron chi connectivity index (χ4n) is 2.63. The van der Waals surface area contributed by atoms with Gasteiger partial charge < -0.3 is 14.4 Å². The highest BCUT2D eigenvalue weighted by molar-refractivity contribution is 5.82. The van der Waals surface area contributed by atoms with E-state index in [1.807, 2.05) is 0 Å². The van der Waals surface area contributed by atoms with Crippen LogP contribution in [0.15, 0.2) is 0 Å². The van der Waals surface area contributed by atoms with Gasteiger partial charge >= 0.3 is 12.1 Å². The monoisotopic (exact) mass is 241 g/mol. The number of hydrogen-bond acceptors (Lipinski definition) is 5. The minimum absolute atomic E-state index is 0.00102. The van der Waals surface area contributed by atoms with Crippen LogP contribution in [0.5, 0.6) is 0 Å². The number of hydrogen-bond donors (Lipinski definition) is 0. The van der Waals surface area contributed by atoms with Crippen molar-refractivity contribution in [3.8, 4) is 0 Å². The van der Waals surface area contributed by atoms with Crippen molar-refractivity contribution >= 4 is 17.8 Å². The molecular weight excluding hydrogens is 226 g/mol. The maximum Gasteiger partial charge on any atom is 0.410 e. The number of nitrogens with zero attached hydrogens (tertiary/aromatic N) is 1. The third kappa shape index (κ3) is 1.99. The van der Waals surface area contributed by atoms with Gasteiger partial charge in [0.2, 0.25) is 0 Å². The van der Waals surface area contributed by atoms with E-state index < -0.39 is 6.09 Å². The van der Waals surface area contributed by atoms with Gasteiger partial charge in [-0.15, -0.1) is 0 Å². The van der Waals surface area contributed by atoms with Crippen molar-refractivity contribution in [2.45, 2.75) is 19.4 Å². The number of Topliss-reactive ketones (excluding diaryl/α,β-unsaturated/α-hetero) is 1. The van der Waals surface area contributed by atoms with Crippen molar-refractivity contribution in [1.29, 1.82) is 0 Å². The lowest BCUT2D eigenvalue weighted by Crippen LogP contribution is -2.31. The molecule has 2 saturated heterocycles.